The number of nitrogens with one attached hydrogen (secondary N) is 1. The summed E-state index contributed by atoms with van der Waals surface area (Å²) in [5.74, 6) is 0.681. The Kier molecular flexibility index (Phi) is 6.63. The van der Waals surface area contributed by atoms with E-state index in [1.165, 1.54) is 0 Å². The van der Waals surface area contributed by atoms with Gasteiger partial charge in [-0.25, -0.2) is 0 Å². The first-order chi connectivity index (χ1) is 12.8. The van der Waals surface area contributed by atoms with E-state index in [1.54, 1.807) is 7.11 Å². The van der Waals surface area contributed by atoms with Gasteiger partial charge in [-0.2, -0.15) is 0 Å². The lowest BCUT2D eigenvalue weighted by Gasteiger charge is -2.23. The van der Waals surface area contributed by atoms with Gasteiger partial charge in [0.1, 0.15) is 5.75 Å². The molecular weight excluding hydrogens is 330 g/mol. The number of methoxy groups -OCH3 is 1. The van der Waals surface area contributed by atoms with E-state index in [4.69, 9.17) is 14.2 Å². The van der Waals surface area contributed by atoms with Crippen molar-refractivity contribution < 1.29 is 19.0 Å². The lowest BCUT2D eigenvalue weighted by molar-refractivity contribution is -0.0392. The molecule has 1 aliphatic heterocycles. The average molecular weight is 355 g/mol. The molecule has 5 nitrogen and oxygen atoms in total. The first-order valence-corrected chi connectivity index (χ1v) is 8.94. The number of benzene rings is 2. The Hall–Kier alpha value is -2.37. The molecule has 0 unspecified atom stereocenters. The van der Waals surface area contributed by atoms with E-state index < -0.39 is 0 Å². The van der Waals surface area contributed by atoms with Gasteiger partial charge >= 0.3 is 0 Å². The molecule has 3 rings (SSSR count). The lowest BCUT2D eigenvalue weighted by atomic mass is 10.1. The van der Waals surface area contributed by atoms with E-state index in [9.17, 15) is 4.79 Å². The van der Waals surface area contributed by atoms with Crippen LogP contribution in [0.1, 0.15) is 34.3 Å². The van der Waals surface area contributed by atoms with Gasteiger partial charge < -0.3 is 19.5 Å². The standard InChI is InChI=1S/C21H25NO4/c1-24-19-7-4-5-16(13-19)14-22-21(23)20-8-3-2-6-17(20)15-26-18-9-11-25-12-10-18/h2-8,13,18H,9-12,14-15H2,1H3,(H,22,23). The van der Waals surface area contributed by atoms with Crippen molar-refractivity contribution in [1.82, 2.24) is 5.32 Å². The lowest BCUT2D eigenvalue weighted by Crippen LogP contribution is -2.26. The average Bonchev–Trinajstić information content (AvgIpc) is 2.71. The fraction of sp³-hybridized carbons (Fsp3) is 0.381. The highest BCUT2D eigenvalue weighted by Crippen LogP contribution is 2.17. The maximum absolute atomic E-state index is 12.6. The molecule has 138 valence electrons. The highest BCUT2D eigenvalue weighted by atomic mass is 16.5. The molecule has 0 radical (unpaired) electrons. The molecular formula is C21H25NO4. The molecule has 2 aromatic carbocycles. The summed E-state index contributed by atoms with van der Waals surface area (Å²) in [6.07, 6.45) is 2.02. The third kappa shape index (κ3) is 5.07. The van der Waals surface area contributed by atoms with Gasteiger partial charge in [0.15, 0.2) is 0 Å². The van der Waals surface area contributed by atoms with Crippen LogP contribution in [-0.4, -0.2) is 32.3 Å². The Labute approximate surface area is 154 Å². The zero-order valence-electron chi connectivity index (χ0n) is 15.1. The molecule has 1 heterocycles. The van der Waals surface area contributed by atoms with Gasteiger partial charge in [-0.1, -0.05) is 30.3 Å². The van der Waals surface area contributed by atoms with E-state index >= 15 is 0 Å². The molecule has 0 bridgehead atoms. The van der Waals surface area contributed by atoms with E-state index in [1.807, 2.05) is 48.5 Å². The van der Waals surface area contributed by atoms with Gasteiger partial charge in [0.25, 0.3) is 5.91 Å². The molecule has 1 aliphatic rings. The molecule has 0 saturated carbocycles. The minimum Gasteiger partial charge on any atom is -0.497 e. The maximum Gasteiger partial charge on any atom is 0.251 e. The first kappa shape index (κ1) is 18.4. The van der Waals surface area contributed by atoms with E-state index in [0.717, 1.165) is 42.9 Å². The van der Waals surface area contributed by atoms with Crippen molar-refractivity contribution in [1.29, 1.82) is 0 Å². The predicted octanol–water partition coefficient (Wildman–Crippen LogP) is 3.32. The van der Waals surface area contributed by atoms with Crippen LogP contribution in [0.4, 0.5) is 0 Å². The van der Waals surface area contributed by atoms with Crippen LogP contribution in [-0.2, 0) is 22.6 Å². The highest BCUT2D eigenvalue weighted by molar-refractivity contribution is 5.95. The maximum atomic E-state index is 12.6. The van der Waals surface area contributed by atoms with E-state index in [2.05, 4.69) is 5.32 Å². The van der Waals surface area contributed by atoms with Crippen LogP contribution in [0.2, 0.25) is 0 Å². The number of hydrogen-bond donors (Lipinski definition) is 1. The number of carbonyl (C=O) groups is 1. The van der Waals surface area contributed by atoms with Crippen molar-refractivity contribution in [2.75, 3.05) is 20.3 Å². The van der Waals surface area contributed by atoms with Crippen LogP contribution < -0.4 is 10.1 Å². The monoisotopic (exact) mass is 355 g/mol. The quantitative estimate of drug-likeness (QED) is 0.828. The van der Waals surface area contributed by atoms with Crippen LogP contribution in [0.15, 0.2) is 48.5 Å². The molecule has 1 amide bonds. The molecule has 0 aliphatic carbocycles. The molecule has 0 atom stereocenters. The number of amides is 1. The van der Waals surface area contributed by atoms with Gasteiger partial charge in [0, 0.05) is 25.3 Å². The Balaban J connectivity index is 1.59. The van der Waals surface area contributed by atoms with Gasteiger partial charge in [-0.15, -0.1) is 0 Å². The largest absolute Gasteiger partial charge is 0.497 e. The third-order valence-electron chi connectivity index (χ3n) is 4.49. The first-order valence-electron chi connectivity index (χ1n) is 8.94. The summed E-state index contributed by atoms with van der Waals surface area (Å²) in [5.41, 5.74) is 2.55. The van der Waals surface area contributed by atoms with Crippen molar-refractivity contribution in [2.24, 2.45) is 0 Å². The zero-order valence-corrected chi connectivity index (χ0v) is 15.1. The smallest absolute Gasteiger partial charge is 0.251 e. The molecule has 1 fully saturated rings. The van der Waals surface area contributed by atoms with Crippen LogP contribution in [0, 0.1) is 0 Å². The van der Waals surface area contributed by atoms with Gasteiger partial charge in [-0.3, -0.25) is 4.79 Å². The summed E-state index contributed by atoms with van der Waals surface area (Å²) >= 11 is 0. The summed E-state index contributed by atoms with van der Waals surface area (Å²) in [6.45, 7) is 2.37. The summed E-state index contributed by atoms with van der Waals surface area (Å²) in [7, 11) is 1.63. The molecule has 0 aromatic heterocycles. The topological polar surface area (TPSA) is 56.8 Å². The minimum atomic E-state index is -0.0982. The van der Waals surface area contributed by atoms with Gasteiger partial charge in [-0.05, 0) is 42.2 Å². The normalized spacial score (nSPS) is 14.8. The highest BCUT2D eigenvalue weighted by Gasteiger charge is 2.16. The van der Waals surface area contributed by atoms with Crippen molar-refractivity contribution >= 4 is 5.91 Å². The van der Waals surface area contributed by atoms with Crippen molar-refractivity contribution in [2.45, 2.75) is 32.1 Å². The van der Waals surface area contributed by atoms with Crippen molar-refractivity contribution in [3.05, 3.63) is 65.2 Å². The molecule has 1 N–H and O–H groups in total. The summed E-state index contributed by atoms with van der Waals surface area (Å²) < 4.78 is 16.5. The Morgan fingerprint density at radius 1 is 1.15 bits per heavy atom. The minimum absolute atomic E-state index is 0.0982. The molecule has 1 saturated heterocycles. The van der Waals surface area contributed by atoms with Crippen molar-refractivity contribution in [3.63, 3.8) is 0 Å². The molecule has 5 heteroatoms. The van der Waals surface area contributed by atoms with Crippen LogP contribution in [0.25, 0.3) is 0 Å². The Morgan fingerprint density at radius 3 is 2.77 bits per heavy atom. The number of rotatable bonds is 7. The zero-order chi connectivity index (χ0) is 18.2. The summed E-state index contributed by atoms with van der Waals surface area (Å²) in [6, 6.07) is 15.3. The van der Waals surface area contributed by atoms with Gasteiger partial charge in [0.05, 0.1) is 19.8 Å². The number of carbonyl (C=O) groups excluding carboxylic acids is 1. The fourth-order valence-corrected chi connectivity index (χ4v) is 2.98. The second kappa shape index (κ2) is 9.36. The Morgan fingerprint density at radius 2 is 1.96 bits per heavy atom. The molecule has 26 heavy (non-hydrogen) atoms. The summed E-state index contributed by atoms with van der Waals surface area (Å²) in [4.78, 5) is 12.6. The van der Waals surface area contributed by atoms with Crippen LogP contribution in [0.5, 0.6) is 5.75 Å². The van der Waals surface area contributed by atoms with Crippen molar-refractivity contribution in [3.8, 4) is 5.75 Å². The fourth-order valence-electron chi connectivity index (χ4n) is 2.98. The van der Waals surface area contributed by atoms with E-state index in [-0.39, 0.29) is 12.0 Å². The Bertz CT molecular complexity index is 725. The van der Waals surface area contributed by atoms with Gasteiger partial charge in [0.2, 0.25) is 0 Å². The molecule has 2 aromatic rings. The third-order valence-corrected chi connectivity index (χ3v) is 4.49. The second-order valence-corrected chi connectivity index (χ2v) is 6.31. The number of hydrogen-bond acceptors (Lipinski definition) is 4. The SMILES string of the molecule is COc1cccc(CNC(=O)c2ccccc2COC2CCOCC2)c1. The summed E-state index contributed by atoms with van der Waals surface area (Å²) in [5, 5.41) is 2.97. The second-order valence-electron chi connectivity index (χ2n) is 6.31. The number of ether oxygens (including phenoxy) is 3. The van der Waals surface area contributed by atoms with E-state index in [0.29, 0.717) is 18.7 Å². The van der Waals surface area contributed by atoms with Crippen LogP contribution >= 0.6 is 0 Å². The van der Waals surface area contributed by atoms with Crippen LogP contribution in [0.3, 0.4) is 0 Å². The molecule has 0 spiro atoms. The predicted molar refractivity (Wildman–Crippen MR) is 99.2 cm³/mol.